The molecule has 0 saturated heterocycles. The second kappa shape index (κ2) is 6.45. The van der Waals surface area contributed by atoms with Crippen molar-refractivity contribution < 1.29 is 9.90 Å². The van der Waals surface area contributed by atoms with Crippen LogP contribution in [0.3, 0.4) is 0 Å². The number of aromatic amines is 1. The van der Waals surface area contributed by atoms with E-state index in [9.17, 15) is 9.59 Å². The van der Waals surface area contributed by atoms with Crippen LogP contribution in [0.15, 0.2) is 34.0 Å². The highest BCUT2D eigenvalue weighted by atomic mass is 32.2. The number of H-pyrrole nitrogens is 1. The van der Waals surface area contributed by atoms with Crippen LogP contribution < -0.4 is 11.3 Å². The van der Waals surface area contributed by atoms with E-state index < -0.39 is 17.9 Å². The maximum atomic E-state index is 11.9. The van der Waals surface area contributed by atoms with Crippen LogP contribution in [0.5, 0.6) is 0 Å². The van der Waals surface area contributed by atoms with Gasteiger partial charge in [0.1, 0.15) is 11.6 Å². The Balaban J connectivity index is 2.37. The Hall–Kier alpha value is -2.28. The fourth-order valence-electron chi connectivity index (χ4n) is 1.85. The van der Waals surface area contributed by atoms with Gasteiger partial charge in [0.2, 0.25) is 0 Å². The molecule has 7 heteroatoms. The first-order valence-corrected chi connectivity index (χ1v) is 7.33. The molecule has 0 amide bonds. The van der Waals surface area contributed by atoms with Crippen LogP contribution >= 0.6 is 11.8 Å². The maximum absolute atomic E-state index is 11.9. The van der Waals surface area contributed by atoms with Crippen molar-refractivity contribution in [1.29, 1.82) is 0 Å². The van der Waals surface area contributed by atoms with Crippen molar-refractivity contribution in [1.82, 2.24) is 9.97 Å². The van der Waals surface area contributed by atoms with E-state index in [-0.39, 0.29) is 11.4 Å². The van der Waals surface area contributed by atoms with E-state index in [2.05, 4.69) is 16.9 Å². The van der Waals surface area contributed by atoms with Crippen LogP contribution in [0.2, 0.25) is 0 Å². The second-order valence-corrected chi connectivity index (χ2v) is 5.64. The number of aromatic nitrogens is 2. The quantitative estimate of drug-likeness (QED) is 0.726. The van der Waals surface area contributed by atoms with Gasteiger partial charge in [-0.1, -0.05) is 19.1 Å². The van der Waals surface area contributed by atoms with Gasteiger partial charge in [-0.25, -0.2) is 4.98 Å². The highest BCUT2D eigenvalue weighted by Gasteiger charge is 2.13. The third-order valence-electron chi connectivity index (χ3n) is 2.81. The van der Waals surface area contributed by atoms with E-state index in [1.165, 1.54) is 0 Å². The van der Waals surface area contributed by atoms with Crippen LogP contribution in [0.1, 0.15) is 12.5 Å². The number of nitrogen functional groups attached to an aromatic ring is 1. The molecule has 0 radical (unpaired) electrons. The number of aliphatic carboxylic acids is 1. The molecule has 1 aromatic heterocycles. The van der Waals surface area contributed by atoms with Crippen molar-refractivity contribution >= 4 is 23.5 Å². The fraction of sp³-hybridized carbons (Fsp3) is 0.214. The van der Waals surface area contributed by atoms with Gasteiger partial charge in [-0.05, 0) is 17.9 Å². The molecule has 0 spiro atoms. The monoisotopic (exact) mass is 305 g/mol. The molecule has 0 unspecified atom stereocenters. The Kier molecular flexibility index (Phi) is 4.64. The number of carboxylic acid groups (broad SMARTS) is 1. The average molecular weight is 305 g/mol. The smallest absolute Gasteiger partial charge is 0.308 e. The summed E-state index contributed by atoms with van der Waals surface area (Å²) in [4.78, 5) is 30.4. The molecule has 110 valence electrons. The Morgan fingerprint density at radius 3 is 2.57 bits per heavy atom. The predicted octanol–water partition coefficient (Wildman–Crippen LogP) is 1.76. The molecule has 0 fully saturated rings. The van der Waals surface area contributed by atoms with E-state index in [1.54, 1.807) is 11.8 Å². The van der Waals surface area contributed by atoms with E-state index in [4.69, 9.17) is 10.8 Å². The van der Waals surface area contributed by atoms with Crippen molar-refractivity contribution in [2.45, 2.75) is 18.2 Å². The lowest BCUT2D eigenvalue weighted by atomic mass is 10.2. The molecule has 0 aliphatic heterocycles. The normalized spacial score (nSPS) is 10.5. The number of carboxylic acids is 1. The second-order valence-electron chi connectivity index (χ2n) is 4.31. The summed E-state index contributed by atoms with van der Waals surface area (Å²) in [7, 11) is 0. The Morgan fingerprint density at radius 2 is 2.05 bits per heavy atom. The predicted molar refractivity (Wildman–Crippen MR) is 82.4 cm³/mol. The topological polar surface area (TPSA) is 109 Å². The largest absolute Gasteiger partial charge is 0.481 e. The van der Waals surface area contributed by atoms with Crippen molar-refractivity contribution in [3.8, 4) is 11.4 Å². The van der Waals surface area contributed by atoms with Gasteiger partial charge in [-0.3, -0.25) is 9.59 Å². The molecule has 1 aromatic carbocycles. The molecular weight excluding hydrogens is 290 g/mol. The zero-order valence-electron chi connectivity index (χ0n) is 11.4. The van der Waals surface area contributed by atoms with Gasteiger partial charge in [0, 0.05) is 10.5 Å². The summed E-state index contributed by atoms with van der Waals surface area (Å²) in [6, 6.07) is 7.55. The number of hydrogen-bond acceptors (Lipinski definition) is 5. The van der Waals surface area contributed by atoms with Gasteiger partial charge in [0.25, 0.3) is 5.56 Å². The first-order chi connectivity index (χ1) is 10.0. The fourth-order valence-corrected chi connectivity index (χ4v) is 2.51. The molecule has 0 bridgehead atoms. The minimum absolute atomic E-state index is 0.0237. The van der Waals surface area contributed by atoms with Crippen LogP contribution in [0, 0.1) is 0 Å². The Labute approximate surface area is 125 Å². The lowest BCUT2D eigenvalue weighted by molar-refractivity contribution is -0.136. The number of hydrogen-bond donors (Lipinski definition) is 3. The zero-order chi connectivity index (χ0) is 15.4. The molecule has 21 heavy (non-hydrogen) atoms. The molecular formula is C14H15N3O3S. The first-order valence-electron chi connectivity index (χ1n) is 6.35. The number of benzene rings is 1. The van der Waals surface area contributed by atoms with Gasteiger partial charge in [0.05, 0.1) is 12.0 Å². The van der Waals surface area contributed by atoms with Gasteiger partial charge < -0.3 is 15.8 Å². The van der Waals surface area contributed by atoms with Crippen molar-refractivity contribution in [2.75, 3.05) is 11.5 Å². The van der Waals surface area contributed by atoms with Crippen LogP contribution in [0.4, 0.5) is 5.82 Å². The van der Waals surface area contributed by atoms with Gasteiger partial charge in [-0.2, -0.15) is 0 Å². The molecule has 2 aromatic rings. The van der Waals surface area contributed by atoms with Gasteiger partial charge in [0.15, 0.2) is 0 Å². The SMILES string of the molecule is CCSc1ccc(-c2nc(N)c(CC(=O)O)c(=O)[nH]2)cc1. The summed E-state index contributed by atoms with van der Waals surface area (Å²) in [6.07, 6.45) is -0.444. The third kappa shape index (κ3) is 3.63. The molecule has 0 atom stereocenters. The summed E-state index contributed by atoms with van der Waals surface area (Å²) >= 11 is 1.71. The highest BCUT2D eigenvalue weighted by molar-refractivity contribution is 7.99. The lowest BCUT2D eigenvalue weighted by Crippen LogP contribution is -2.21. The minimum atomic E-state index is -1.12. The number of nitrogens with two attached hydrogens (primary N) is 1. The van der Waals surface area contributed by atoms with Crippen LogP contribution in [0.25, 0.3) is 11.4 Å². The van der Waals surface area contributed by atoms with Crippen LogP contribution in [-0.2, 0) is 11.2 Å². The lowest BCUT2D eigenvalue weighted by Gasteiger charge is -2.06. The minimum Gasteiger partial charge on any atom is -0.481 e. The number of nitrogens with zero attached hydrogens (tertiary/aromatic N) is 1. The van der Waals surface area contributed by atoms with E-state index in [1.807, 2.05) is 24.3 Å². The summed E-state index contributed by atoms with van der Waals surface area (Å²) in [6.45, 7) is 2.07. The molecule has 0 aliphatic rings. The van der Waals surface area contributed by atoms with Gasteiger partial charge in [-0.15, -0.1) is 11.8 Å². The van der Waals surface area contributed by atoms with E-state index in [0.29, 0.717) is 5.82 Å². The number of thioether (sulfide) groups is 1. The van der Waals surface area contributed by atoms with Crippen molar-refractivity contribution in [2.24, 2.45) is 0 Å². The number of anilines is 1. The molecule has 0 aliphatic carbocycles. The standard InChI is InChI=1S/C14H15N3O3S/c1-2-21-9-5-3-8(4-6-9)13-16-12(15)10(7-11(18)19)14(20)17-13/h3-6H,2,7H2,1H3,(H,18,19)(H3,15,16,17,20). The molecule has 2 rings (SSSR count). The summed E-state index contributed by atoms with van der Waals surface area (Å²) in [5, 5.41) is 8.74. The van der Waals surface area contributed by atoms with Crippen molar-refractivity contribution in [3.05, 3.63) is 40.2 Å². The Bertz CT molecular complexity index is 710. The van der Waals surface area contributed by atoms with Crippen molar-refractivity contribution in [3.63, 3.8) is 0 Å². The summed E-state index contributed by atoms with van der Waals surface area (Å²) in [5.74, 6) is 0.135. The third-order valence-corrected chi connectivity index (χ3v) is 3.71. The highest BCUT2D eigenvalue weighted by Crippen LogP contribution is 2.22. The number of rotatable bonds is 5. The molecule has 4 N–H and O–H groups in total. The number of nitrogens with one attached hydrogen (secondary N) is 1. The zero-order valence-corrected chi connectivity index (χ0v) is 12.2. The summed E-state index contributed by atoms with van der Waals surface area (Å²) < 4.78 is 0. The average Bonchev–Trinajstić information content (AvgIpc) is 2.43. The molecule has 0 saturated carbocycles. The molecule has 1 heterocycles. The summed E-state index contributed by atoms with van der Waals surface area (Å²) in [5.41, 5.74) is 5.87. The first kappa shape index (κ1) is 15.1. The van der Waals surface area contributed by atoms with E-state index >= 15 is 0 Å². The van der Waals surface area contributed by atoms with Gasteiger partial charge >= 0.3 is 5.97 Å². The maximum Gasteiger partial charge on any atom is 0.308 e. The Morgan fingerprint density at radius 1 is 1.38 bits per heavy atom. The van der Waals surface area contributed by atoms with E-state index in [0.717, 1.165) is 16.2 Å². The number of carbonyl (C=O) groups is 1. The van der Waals surface area contributed by atoms with Crippen LogP contribution in [-0.4, -0.2) is 26.8 Å². The molecule has 6 nitrogen and oxygen atoms in total.